The van der Waals surface area contributed by atoms with E-state index in [0.29, 0.717) is 11.1 Å². The van der Waals surface area contributed by atoms with Crippen LogP contribution in [0.3, 0.4) is 0 Å². The minimum absolute atomic E-state index is 0.200. The third-order valence-electron chi connectivity index (χ3n) is 4.24. The number of hydrogen-bond acceptors (Lipinski definition) is 2. The Morgan fingerprint density at radius 2 is 1.84 bits per heavy atom. The molecule has 0 aliphatic carbocycles. The summed E-state index contributed by atoms with van der Waals surface area (Å²) in [4.78, 5) is 18.1. The lowest BCUT2D eigenvalue weighted by atomic mass is 10.1. The van der Waals surface area contributed by atoms with Crippen molar-refractivity contribution in [3.8, 4) is 5.69 Å². The van der Waals surface area contributed by atoms with Gasteiger partial charge in [0.25, 0.3) is 5.91 Å². The monoisotopic (exact) mass is 341 g/mol. The molecule has 2 aromatic carbocycles. The molecule has 1 unspecified atom stereocenters. The number of halogens is 2. The van der Waals surface area contributed by atoms with Crippen molar-refractivity contribution in [1.29, 1.82) is 0 Å². The Hall–Kier alpha value is -3.02. The van der Waals surface area contributed by atoms with E-state index in [-0.39, 0.29) is 5.91 Å². The molecule has 0 saturated carbocycles. The Morgan fingerprint density at radius 1 is 1.12 bits per heavy atom. The lowest BCUT2D eigenvalue weighted by molar-refractivity contribution is 0.0742. The number of benzene rings is 2. The molecule has 0 bridgehead atoms. The summed E-state index contributed by atoms with van der Waals surface area (Å²) in [7, 11) is 1.64. The van der Waals surface area contributed by atoms with Crippen molar-refractivity contribution in [2.45, 2.75) is 13.0 Å². The van der Waals surface area contributed by atoms with Gasteiger partial charge in [-0.05, 0) is 48.9 Å². The molecule has 6 heteroatoms. The van der Waals surface area contributed by atoms with Crippen molar-refractivity contribution in [3.05, 3.63) is 83.9 Å². The summed E-state index contributed by atoms with van der Waals surface area (Å²) in [5, 5.41) is 0. The maximum atomic E-state index is 13.4. The molecule has 1 aromatic heterocycles. The number of rotatable bonds is 4. The molecular formula is C19H17F2N3O. The van der Waals surface area contributed by atoms with E-state index >= 15 is 0 Å². The van der Waals surface area contributed by atoms with Gasteiger partial charge in [-0.1, -0.05) is 6.07 Å². The summed E-state index contributed by atoms with van der Waals surface area (Å²) in [5.41, 5.74) is 1.94. The summed E-state index contributed by atoms with van der Waals surface area (Å²) in [6.45, 7) is 1.77. The van der Waals surface area contributed by atoms with Gasteiger partial charge in [-0.25, -0.2) is 13.8 Å². The number of hydrogen-bond donors (Lipinski definition) is 0. The third-order valence-corrected chi connectivity index (χ3v) is 4.24. The van der Waals surface area contributed by atoms with E-state index < -0.39 is 17.7 Å². The molecule has 0 aliphatic rings. The molecule has 1 heterocycles. The highest BCUT2D eigenvalue weighted by Crippen LogP contribution is 2.23. The Labute approximate surface area is 144 Å². The van der Waals surface area contributed by atoms with Crippen LogP contribution in [0.4, 0.5) is 8.78 Å². The van der Waals surface area contributed by atoms with Gasteiger partial charge in [-0.15, -0.1) is 0 Å². The van der Waals surface area contributed by atoms with Gasteiger partial charge < -0.3 is 9.47 Å². The van der Waals surface area contributed by atoms with Gasteiger partial charge >= 0.3 is 0 Å². The van der Waals surface area contributed by atoms with Crippen LogP contribution in [0.5, 0.6) is 0 Å². The predicted molar refractivity (Wildman–Crippen MR) is 90.4 cm³/mol. The number of imidazole rings is 1. The molecule has 0 spiro atoms. The van der Waals surface area contributed by atoms with E-state index in [9.17, 15) is 13.6 Å². The second-order valence-corrected chi connectivity index (χ2v) is 5.78. The van der Waals surface area contributed by atoms with Gasteiger partial charge in [0.2, 0.25) is 0 Å². The standard InChI is InChI=1S/C19H17F2N3O/c1-13(15-5-8-17(20)18(21)11-15)23(2)19(25)14-3-6-16(7-4-14)24-10-9-22-12-24/h3-13H,1-2H3. The van der Waals surface area contributed by atoms with Crippen molar-refractivity contribution < 1.29 is 13.6 Å². The van der Waals surface area contributed by atoms with E-state index in [2.05, 4.69) is 4.98 Å². The minimum atomic E-state index is -0.921. The highest BCUT2D eigenvalue weighted by molar-refractivity contribution is 5.94. The number of nitrogens with zero attached hydrogens (tertiary/aromatic N) is 3. The quantitative estimate of drug-likeness (QED) is 0.720. The molecule has 0 aliphatic heterocycles. The Morgan fingerprint density at radius 3 is 2.44 bits per heavy atom. The molecule has 4 nitrogen and oxygen atoms in total. The van der Waals surface area contributed by atoms with E-state index in [1.165, 1.54) is 11.0 Å². The lowest BCUT2D eigenvalue weighted by Gasteiger charge is -2.25. The fourth-order valence-electron chi connectivity index (χ4n) is 2.56. The minimum Gasteiger partial charge on any atom is -0.335 e. The van der Waals surface area contributed by atoms with Crippen LogP contribution in [0, 0.1) is 11.6 Å². The Balaban J connectivity index is 1.78. The fraction of sp³-hybridized carbons (Fsp3) is 0.158. The first-order chi connectivity index (χ1) is 12.0. The van der Waals surface area contributed by atoms with Crippen molar-refractivity contribution in [2.75, 3.05) is 7.05 Å². The van der Waals surface area contributed by atoms with Gasteiger partial charge in [0.1, 0.15) is 0 Å². The number of amides is 1. The maximum absolute atomic E-state index is 13.4. The SMILES string of the molecule is CC(c1ccc(F)c(F)c1)N(C)C(=O)c1ccc(-n2ccnc2)cc1. The topological polar surface area (TPSA) is 38.1 Å². The number of carbonyl (C=O) groups is 1. The van der Waals surface area contributed by atoms with Crippen LogP contribution in [0.1, 0.15) is 28.9 Å². The fourth-order valence-corrected chi connectivity index (χ4v) is 2.56. The average molecular weight is 341 g/mol. The summed E-state index contributed by atoms with van der Waals surface area (Å²) in [6, 6.07) is 10.4. The molecule has 1 atom stereocenters. The van der Waals surface area contributed by atoms with Crippen LogP contribution < -0.4 is 0 Å². The highest BCUT2D eigenvalue weighted by Gasteiger charge is 2.20. The Kier molecular flexibility index (Phi) is 4.61. The molecular weight excluding hydrogens is 324 g/mol. The first kappa shape index (κ1) is 16.8. The van der Waals surface area contributed by atoms with Gasteiger partial charge in [-0.2, -0.15) is 0 Å². The van der Waals surface area contributed by atoms with Crippen molar-refractivity contribution in [3.63, 3.8) is 0 Å². The molecule has 0 N–H and O–H groups in total. The average Bonchev–Trinajstić information content (AvgIpc) is 3.17. The molecule has 0 saturated heterocycles. The van der Waals surface area contributed by atoms with E-state index in [1.807, 2.05) is 22.9 Å². The van der Waals surface area contributed by atoms with Crippen molar-refractivity contribution >= 4 is 5.91 Å². The second-order valence-electron chi connectivity index (χ2n) is 5.78. The maximum Gasteiger partial charge on any atom is 0.254 e. The van der Waals surface area contributed by atoms with Crippen LogP contribution in [0.15, 0.2) is 61.2 Å². The first-order valence-corrected chi connectivity index (χ1v) is 7.78. The van der Waals surface area contributed by atoms with Crippen LogP contribution in [0.25, 0.3) is 5.69 Å². The van der Waals surface area contributed by atoms with Crippen LogP contribution in [0.2, 0.25) is 0 Å². The molecule has 128 valence electrons. The summed E-state index contributed by atoms with van der Waals surface area (Å²) in [6.07, 6.45) is 5.17. The van der Waals surface area contributed by atoms with Crippen LogP contribution >= 0.6 is 0 Å². The molecule has 3 rings (SSSR count). The predicted octanol–water partition coefficient (Wildman–Crippen LogP) is 3.98. The molecule has 3 aromatic rings. The van der Waals surface area contributed by atoms with Gasteiger partial charge in [-0.3, -0.25) is 4.79 Å². The zero-order chi connectivity index (χ0) is 18.0. The second kappa shape index (κ2) is 6.84. The lowest BCUT2D eigenvalue weighted by Crippen LogP contribution is -2.29. The highest BCUT2D eigenvalue weighted by atomic mass is 19.2. The number of carbonyl (C=O) groups excluding carboxylic acids is 1. The number of aromatic nitrogens is 2. The van der Waals surface area contributed by atoms with E-state index in [4.69, 9.17) is 0 Å². The normalized spacial score (nSPS) is 12.0. The smallest absolute Gasteiger partial charge is 0.254 e. The van der Waals surface area contributed by atoms with Gasteiger partial charge in [0.15, 0.2) is 11.6 Å². The first-order valence-electron chi connectivity index (χ1n) is 7.78. The summed E-state index contributed by atoms with van der Waals surface area (Å²) >= 11 is 0. The largest absolute Gasteiger partial charge is 0.335 e. The van der Waals surface area contributed by atoms with E-state index in [0.717, 1.165) is 17.8 Å². The zero-order valence-electron chi connectivity index (χ0n) is 13.9. The molecule has 0 fully saturated rings. The third kappa shape index (κ3) is 3.42. The van der Waals surface area contributed by atoms with Gasteiger partial charge in [0, 0.05) is 30.7 Å². The van der Waals surface area contributed by atoms with Crippen LogP contribution in [-0.4, -0.2) is 27.4 Å². The van der Waals surface area contributed by atoms with Crippen LogP contribution in [-0.2, 0) is 0 Å². The molecule has 25 heavy (non-hydrogen) atoms. The van der Waals surface area contributed by atoms with Crippen molar-refractivity contribution in [1.82, 2.24) is 14.5 Å². The van der Waals surface area contributed by atoms with Gasteiger partial charge in [0.05, 0.1) is 12.4 Å². The molecule has 0 radical (unpaired) electrons. The zero-order valence-corrected chi connectivity index (χ0v) is 13.9. The summed E-state index contributed by atoms with van der Waals surface area (Å²) < 4.78 is 28.3. The Bertz CT molecular complexity index is 876. The summed E-state index contributed by atoms with van der Waals surface area (Å²) in [5.74, 6) is -2.02. The molecule has 1 amide bonds. The van der Waals surface area contributed by atoms with E-state index in [1.54, 1.807) is 38.6 Å². The van der Waals surface area contributed by atoms with Crippen molar-refractivity contribution in [2.24, 2.45) is 0 Å².